The number of hydrogen-bond donors (Lipinski definition) is 3. The molecule has 22 heavy (non-hydrogen) atoms. The summed E-state index contributed by atoms with van der Waals surface area (Å²) in [4.78, 5) is 35.3. The lowest BCUT2D eigenvalue weighted by Crippen LogP contribution is -2.52. The van der Waals surface area contributed by atoms with Gasteiger partial charge in [0.25, 0.3) is 11.8 Å². The van der Waals surface area contributed by atoms with Crippen LogP contribution in [0, 0.1) is 11.2 Å². The van der Waals surface area contributed by atoms with Crippen molar-refractivity contribution in [1.29, 1.82) is 0 Å². The Hall–Kier alpha value is -2.44. The highest BCUT2D eigenvalue weighted by atomic mass is 19.1. The van der Waals surface area contributed by atoms with Crippen molar-refractivity contribution in [3.05, 3.63) is 35.6 Å². The molecular weight excluding hydrogens is 289 g/mol. The van der Waals surface area contributed by atoms with Crippen LogP contribution in [0.15, 0.2) is 24.3 Å². The number of benzene rings is 1. The lowest BCUT2D eigenvalue weighted by molar-refractivity contribution is -0.133. The molecule has 0 aromatic heterocycles. The van der Waals surface area contributed by atoms with Crippen LogP contribution in [0.1, 0.15) is 38.1 Å². The van der Waals surface area contributed by atoms with Crippen LogP contribution in [0.2, 0.25) is 0 Å². The number of carbonyl (C=O) groups excluding carboxylic acids is 3. The van der Waals surface area contributed by atoms with E-state index < -0.39 is 29.1 Å². The van der Waals surface area contributed by atoms with Gasteiger partial charge >= 0.3 is 0 Å². The summed E-state index contributed by atoms with van der Waals surface area (Å²) in [6.07, 6.45) is 0. The first kappa shape index (κ1) is 17.6. The molecule has 0 radical (unpaired) electrons. The third-order valence-electron chi connectivity index (χ3n) is 2.83. The molecule has 6 nitrogen and oxygen atoms in total. The van der Waals surface area contributed by atoms with E-state index in [0.29, 0.717) is 0 Å². The van der Waals surface area contributed by atoms with E-state index in [0.717, 1.165) is 12.1 Å². The number of rotatable bonds is 3. The Labute approximate surface area is 128 Å². The molecule has 1 unspecified atom stereocenters. The van der Waals surface area contributed by atoms with E-state index >= 15 is 0 Å². The van der Waals surface area contributed by atoms with E-state index in [1.165, 1.54) is 19.1 Å². The molecular formula is C15H20FN3O3. The van der Waals surface area contributed by atoms with E-state index in [2.05, 4.69) is 16.2 Å². The van der Waals surface area contributed by atoms with Crippen LogP contribution in [0.5, 0.6) is 0 Å². The summed E-state index contributed by atoms with van der Waals surface area (Å²) in [7, 11) is 0. The van der Waals surface area contributed by atoms with Gasteiger partial charge in [-0.3, -0.25) is 25.2 Å². The first-order valence-corrected chi connectivity index (χ1v) is 6.78. The van der Waals surface area contributed by atoms with Crippen LogP contribution in [-0.2, 0) is 9.59 Å². The van der Waals surface area contributed by atoms with Crippen LogP contribution in [-0.4, -0.2) is 23.8 Å². The number of halogens is 1. The highest BCUT2D eigenvalue weighted by molar-refractivity contribution is 5.96. The summed E-state index contributed by atoms with van der Waals surface area (Å²) in [5.41, 5.74) is 3.99. The standard InChI is InChI=1S/C15H20FN3O3/c1-9(17-14(22)15(2,3)4)12(20)18-19-13(21)10-5-7-11(16)8-6-10/h5-9H,1-4H3,(H,17,22)(H,18,20)(H,19,21). The highest BCUT2D eigenvalue weighted by Crippen LogP contribution is 2.12. The van der Waals surface area contributed by atoms with E-state index in [9.17, 15) is 18.8 Å². The zero-order chi connectivity index (χ0) is 16.9. The van der Waals surface area contributed by atoms with E-state index in [-0.39, 0.29) is 11.5 Å². The van der Waals surface area contributed by atoms with Crippen molar-refractivity contribution < 1.29 is 18.8 Å². The van der Waals surface area contributed by atoms with Gasteiger partial charge in [-0.2, -0.15) is 0 Å². The van der Waals surface area contributed by atoms with Crippen LogP contribution in [0.4, 0.5) is 4.39 Å². The summed E-state index contributed by atoms with van der Waals surface area (Å²) >= 11 is 0. The van der Waals surface area contributed by atoms with Gasteiger partial charge in [0, 0.05) is 11.0 Å². The number of hydrogen-bond acceptors (Lipinski definition) is 3. The monoisotopic (exact) mass is 309 g/mol. The topological polar surface area (TPSA) is 87.3 Å². The molecule has 0 aliphatic heterocycles. The second kappa shape index (κ2) is 7.02. The molecule has 1 aromatic rings. The van der Waals surface area contributed by atoms with Gasteiger partial charge < -0.3 is 5.32 Å². The third-order valence-corrected chi connectivity index (χ3v) is 2.83. The number of hydrazine groups is 1. The molecule has 1 aromatic carbocycles. The van der Waals surface area contributed by atoms with Gasteiger partial charge in [-0.25, -0.2) is 4.39 Å². The molecule has 1 rings (SSSR count). The van der Waals surface area contributed by atoms with Crippen molar-refractivity contribution in [2.75, 3.05) is 0 Å². The Balaban J connectivity index is 2.50. The van der Waals surface area contributed by atoms with Gasteiger partial charge in [0.05, 0.1) is 0 Å². The van der Waals surface area contributed by atoms with Crippen LogP contribution in [0.25, 0.3) is 0 Å². The third kappa shape index (κ3) is 5.16. The Morgan fingerprint density at radius 2 is 1.59 bits per heavy atom. The van der Waals surface area contributed by atoms with Crippen LogP contribution < -0.4 is 16.2 Å². The first-order chi connectivity index (χ1) is 10.1. The fraction of sp³-hybridized carbons (Fsp3) is 0.400. The van der Waals surface area contributed by atoms with Gasteiger partial charge in [-0.05, 0) is 31.2 Å². The Kier molecular flexibility index (Phi) is 5.62. The highest BCUT2D eigenvalue weighted by Gasteiger charge is 2.25. The van der Waals surface area contributed by atoms with Crippen molar-refractivity contribution in [2.45, 2.75) is 33.7 Å². The lowest BCUT2D eigenvalue weighted by atomic mass is 9.95. The molecule has 120 valence electrons. The molecule has 0 saturated carbocycles. The molecule has 3 amide bonds. The minimum atomic E-state index is -0.805. The molecule has 0 aliphatic carbocycles. The average Bonchev–Trinajstić information content (AvgIpc) is 2.43. The molecule has 0 fully saturated rings. The van der Waals surface area contributed by atoms with Gasteiger partial charge in [0.1, 0.15) is 11.9 Å². The van der Waals surface area contributed by atoms with Crippen molar-refractivity contribution in [3.8, 4) is 0 Å². The lowest BCUT2D eigenvalue weighted by Gasteiger charge is -2.21. The summed E-state index contributed by atoms with van der Waals surface area (Å²) < 4.78 is 12.7. The van der Waals surface area contributed by atoms with Crippen molar-refractivity contribution in [2.24, 2.45) is 5.41 Å². The van der Waals surface area contributed by atoms with Crippen molar-refractivity contribution in [3.63, 3.8) is 0 Å². The fourth-order valence-electron chi connectivity index (χ4n) is 1.38. The van der Waals surface area contributed by atoms with Gasteiger partial charge in [0.15, 0.2) is 0 Å². The zero-order valence-corrected chi connectivity index (χ0v) is 13.0. The van der Waals surface area contributed by atoms with Gasteiger partial charge in [-0.1, -0.05) is 20.8 Å². The molecule has 0 bridgehead atoms. The normalized spacial score (nSPS) is 12.2. The summed E-state index contributed by atoms with van der Waals surface area (Å²) in [6, 6.07) is 4.06. The largest absolute Gasteiger partial charge is 0.344 e. The number of amides is 3. The van der Waals surface area contributed by atoms with E-state index in [1.54, 1.807) is 20.8 Å². The minimum absolute atomic E-state index is 0.202. The smallest absolute Gasteiger partial charge is 0.269 e. The average molecular weight is 309 g/mol. The quantitative estimate of drug-likeness (QED) is 0.732. The summed E-state index contributed by atoms with van der Waals surface area (Å²) in [5.74, 6) is -1.88. The molecule has 1 atom stereocenters. The summed E-state index contributed by atoms with van der Waals surface area (Å²) in [5, 5.41) is 2.54. The molecule has 3 N–H and O–H groups in total. The van der Waals surface area contributed by atoms with Crippen LogP contribution in [0.3, 0.4) is 0 Å². The second-order valence-electron chi connectivity index (χ2n) is 5.90. The van der Waals surface area contributed by atoms with Crippen molar-refractivity contribution in [1.82, 2.24) is 16.2 Å². The number of nitrogens with one attached hydrogen (secondary N) is 3. The molecule has 0 aliphatic rings. The van der Waals surface area contributed by atoms with E-state index in [1.807, 2.05) is 0 Å². The Bertz CT molecular complexity index is 564. The molecule has 0 spiro atoms. The number of carbonyl (C=O) groups is 3. The second-order valence-corrected chi connectivity index (χ2v) is 5.90. The molecule has 7 heteroatoms. The fourth-order valence-corrected chi connectivity index (χ4v) is 1.38. The minimum Gasteiger partial charge on any atom is -0.344 e. The maximum absolute atomic E-state index is 12.7. The molecule has 0 heterocycles. The van der Waals surface area contributed by atoms with Crippen molar-refractivity contribution >= 4 is 17.7 Å². The van der Waals surface area contributed by atoms with Gasteiger partial charge in [0.2, 0.25) is 5.91 Å². The maximum Gasteiger partial charge on any atom is 0.269 e. The Morgan fingerprint density at radius 3 is 2.09 bits per heavy atom. The molecule has 0 saturated heterocycles. The maximum atomic E-state index is 12.7. The predicted octanol–water partition coefficient (Wildman–Crippen LogP) is 1.14. The van der Waals surface area contributed by atoms with Crippen LogP contribution >= 0.6 is 0 Å². The SMILES string of the molecule is CC(NC(=O)C(C)(C)C)C(=O)NNC(=O)c1ccc(F)cc1. The summed E-state index contributed by atoms with van der Waals surface area (Å²) in [6.45, 7) is 6.68. The predicted molar refractivity (Wildman–Crippen MR) is 79.1 cm³/mol. The zero-order valence-electron chi connectivity index (χ0n) is 13.0. The Morgan fingerprint density at radius 1 is 1.05 bits per heavy atom. The van der Waals surface area contributed by atoms with Gasteiger partial charge in [-0.15, -0.1) is 0 Å². The first-order valence-electron chi connectivity index (χ1n) is 6.78. The van der Waals surface area contributed by atoms with E-state index in [4.69, 9.17) is 0 Å².